The lowest BCUT2D eigenvalue weighted by molar-refractivity contribution is -0.146. The van der Waals surface area contributed by atoms with Crippen LogP contribution in [0.15, 0.2) is 30.4 Å². The molecular weight excluding hydrogens is 635 g/mol. The molecule has 1 saturated carbocycles. The molecule has 12 nitrogen and oxygen atoms in total. The quantitative estimate of drug-likeness (QED) is 0.347. The van der Waals surface area contributed by atoms with Crippen molar-refractivity contribution in [2.45, 2.75) is 140 Å². The Labute approximate surface area is 286 Å². The fourth-order valence-corrected chi connectivity index (χ4v) is 7.23. The molecule has 4 aliphatic rings. The minimum absolute atomic E-state index is 0.0255. The van der Waals surface area contributed by atoms with Crippen LogP contribution in [0.3, 0.4) is 0 Å². The van der Waals surface area contributed by atoms with Gasteiger partial charge in [-0.05, 0) is 64.5 Å². The van der Waals surface area contributed by atoms with Gasteiger partial charge in [-0.1, -0.05) is 56.9 Å². The molecule has 5 rings (SSSR count). The highest BCUT2D eigenvalue weighted by molar-refractivity contribution is 5.96. The minimum atomic E-state index is -1.50. The highest BCUT2D eigenvalue weighted by atomic mass is 19.1. The number of hydrogen-bond donors (Lipinski definition) is 3. The van der Waals surface area contributed by atoms with Gasteiger partial charge < -0.3 is 30.1 Å². The van der Waals surface area contributed by atoms with Crippen LogP contribution in [-0.2, 0) is 36.9 Å². The van der Waals surface area contributed by atoms with Crippen LogP contribution in [0.4, 0.5) is 14.0 Å². The van der Waals surface area contributed by atoms with E-state index in [2.05, 4.69) is 10.6 Å². The fraction of sp³-hybridized carbons (Fsp3) is 0.639. The van der Waals surface area contributed by atoms with E-state index in [1.165, 1.54) is 15.9 Å². The van der Waals surface area contributed by atoms with E-state index >= 15 is 0 Å². The molecule has 0 spiro atoms. The molecule has 0 bridgehead atoms. The monoisotopic (exact) mass is 684 g/mol. The molecule has 3 N–H and O–H groups in total. The Kier molecular flexibility index (Phi) is 10.9. The maximum absolute atomic E-state index is 14.6. The normalized spacial score (nSPS) is 29.4. The Bertz CT molecular complexity index is 1480. The maximum atomic E-state index is 14.6. The molecule has 3 heterocycles. The van der Waals surface area contributed by atoms with E-state index in [4.69, 9.17) is 9.47 Å². The van der Waals surface area contributed by atoms with Gasteiger partial charge in [0.1, 0.15) is 35.1 Å². The Balaban J connectivity index is 1.47. The smallest absolute Gasteiger partial charge is 0.410 e. The van der Waals surface area contributed by atoms with Gasteiger partial charge in [-0.25, -0.2) is 18.8 Å². The first-order chi connectivity index (χ1) is 23.2. The molecule has 13 heteroatoms. The van der Waals surface area contributed by atoms with Crippen LogP contribution in [0.2, 0.25) is 0 Å². The van der Waals surface area contributed by atoms with Gasteiger partial charge in [-0.3, -0.25) is 14.5 Å². The van der Waals surface area contributed by atoms with Gasteiger partial charge in [0.15, 0.2) is 0 Å². The number of hydrogen-bond acceptors (Lipinski definition) is 7. The molecule has 2 fully saturated rings. The van der Waals surface area contributed by atoms with Crippen molar-refractivity contribution >= 4 is 30.0 Å². The molecule has 0 radical (unpaired) electrons. The van der Waals surface area contributed by atoms with Gasteiger partial charge >= 0.3 is 18.2 Å². The van der Waals surface area contributed by atoms with E-state index in [0.717, 1.165) is 19.3 Å². The molecule has 1 aromatic carbocycles. The van der Waals surface area contributed by atoms with E-state index in [0.29, 0.717) is 36.8 Å². The second-order valence-electron chi connectivity index (χ2n) is 14.7. The number of rotatable bonds is 6. The molecule has 268 valence electrons. The lowest BCUT2D eigenvalue weighted by Crippen LogP contribution is -2.58. The SMILES string of the molecule is CCCC[C@H]1[C@H](OC(=O)N2Cc3cccc(F)c3C2)CC2C(=O)NC3(C(=O)O)CC3/C=C\CCCCCC(NC(=O)OC(C)(C)C)C(=O)N21. The van der Waals surface area contributed by atoms with Crippen LogP contribution in [0.5, 0.6) is 0 Å². The van der Waals surface area contributed by atoms with Crippen molar-refractivity contribution < 1.29 is 42.9 Å². The van der Waals surface area contributed by atoms with Crippen molar-refractivity contribution in [2.24, 2.45) is 5.92 Å². The topological polar surface area (TPSA) is 155 Å². The second kappa shape index (κ2) is 14.8. The minimum Gasteiger partial charge on any atom is -0.479 e. The molecule has 49 heavy (non-hydrogen) atoms. The number of nitrogens with one attached hydrogen (secondary N) is 2. The van der Waals surface area contributed by atoms with Crippen molar-refractivity contribution in [3.05, 3.63) is 47.3 Å². The summed E-state index contributed by atoms with van der Waals surface area (Å²) in [4.78, 5) is 70.6. The number of allylic oxidation sites excluding steroid dienone is 1. The number of carbonyl (C=O) groups is 5. The van der Waals surface area contributed by atoms with Crippen LogP contribution in [0, 0.1) is 11.7 Å². The zero-order valence-electron chi connectivity index (χ0n) is 28.8. The third kappa shape index (κ3) is 8.18. The first kappa shape index (κ1) is 36.1. The highest BCUT2D eigenvalue weighted by Gasteiger charge is 2.62. The summed E-state index contributed by atoms with van der Waals surface area (Å²) in [5.41, 5.74) is -1.23. The van der Waals surface area contributed by atoms with Gasteiger partial charge in [0.2, 0.25) is 11.8 Å². The molecule has 1 saturated heterocycles. The van der Waals surface area contributed by atoms with Crippen LogP contribution in [0.1, 0.15) is 103 Å². The molecule has 1 aromatic rings. The molecule has 3 aliphatic heterocycles. The molecular formula is C36H49FN4O8. The zero-order chi connectivity index (χ0) is 35.5. The summed E-state index contributed by atoms with van der Waals surface area (Å²) in [6, 6.07) is 1.73. The van der Waals surface area contributed by atoms with E-state index < -0.39 is 77.1 Å². The summed E-state index contributed by atoms with van der Waals surface area (Å²) >= 11 is 0. The molecule has 6 atom stereocenters. The predicted octanol–water partition coefficient (Wildman–Crippen LogP) is 5.18. The Morgan fingerprint density at radius 2 is 1.92 bits per heavy atom. The predicted molar refractivity (Wildman–Crippen MR) is 176 cm³/mol. The van der Waals surface area contributed by atoms with Gasteiger partial charge in [-0.2, -0.15) is 0 Å². The largest absolute Gasteiger partial charge is 0.479 e. The third-order valence-corrected chi connectivity index (χ3v) is 9.89. The first-order valence-electron chi connectivity index (χ1n) is 17.5. The fourth-order valence-electron chi connectivity index (χ4n) is 7.23. The van der Waals surface area contributed by atoms with Gasteiger partial charge in [-0.15, -0.1) is 0 Å². The van der Waals surface area contributed by atoms with E-state index in [1.54, 1.807) is 32.9 Å². The summed E-state index contributed by atoms with van der Waals surface area (Å²) < 4.78 is 26.0. The second-order valence-corrected chi connectivity index (χ2v) is 14.7. The number of carboxylic acid groups (broad SMARTS) is 1. The number of carboxylic acids is 1. The number of nitrogens with zero attached hydrogens (tertiary/aromatic N) is 2. The molecule has 4 amide bonds. The number of halogens is 1. The molecule has 4 unspecified atom stereocenters. The van der Waals surface area contributed by atoms with Crippen LogP contribution >= 0.6 is 0 Å². The van der Waals surface area contributed by atoms with Crippen LogP contribution in [-0.4, -0.2) is 80.2 Å². The number of unbranched alkanes of at least 4 members (excludes halogenated alkanes) is 1. The average molecular weight is 685 g/mol. The Morgan fingerprint density at radius 1 is 1.14 bits per heavy atom. The maximum Gasteiger partial charge on any atom is 0.410 e. The van der Waals surface area contributed by atoms with Crippen molar-refractivity contribution in [1.82, 2.24) is 20.4 Å². The van der Waals surface area contributed by atoms with Crippen molar-refractivity contribution in [2.75, 3.05) is 0 Å². The van der Waals surface area contributed by atoms with Crippen molar-refractivity contribution in [1.29, 1.82) is 0 Å². The number of alkyl carbamates (subject to hydrolysis) is 1. The van der Waals surface area contributed by atoms with E-state index in [1.807, 2.05) is 19.1 Å². The first-order valence-corrected chi connectivity index (χ1v) is 17.5. The van der Waals surface area contributed by atoms with E-state index in [9.17, 15) is 33.5 Å². The third-order valence-electron chi connectivity index (χ3n) is 9.89. The van der Waals surface area contributed by atoms with Gasteiger partial charge in [0, 0.05) is 24.4 Å². The number of benzene rings is 1. The summed E-state index contributed by atoms with van der Waals surface area (Å²) in [6.07, 6.45) is 6.52. The molecule has 0 aromatic heterocycles. The summed E-state index contributed by atoms with van der Waals surface area (Å²) in [6.45, 7) is 7.31. The standard InChI is InChI=1S/C36H49FN4O8/c1-5-6-17-27-29(48-34(47)40-20-22-13-12-15-25(37)24(22)21-40)18-28-30(42)39-36(32(44)45)19-23(36)14-10-8-7-9-11-16-26(31(43)41(27)28)38-33(46)49-35(2,3)4/h10,12-15,23,26-29H,5-9,11,16-21H2,1-4H3,(H,38,46)(H,39,42)(H,44,45)/b14-10-/t23?,26?,27-,28?,29+,36?/m0/s1. The lowest BCUT2D eigenvalue weighted by Gasteiger charge is -2.35. The number of amides is 4. The van der Waals surface area contributed by atoms with Crippen LogP contribution in [0.25, 0.3) is 0 Å². The lowest BCUT2D eigenvalue weighted by atomic mass is 10.0. The summed E-state index contributed by atoms with van der Waals surface area (Å²) in [5.74, 6) is -3.15. The van der Waals surface area contributed by atoms with Gasteiger partial charge in [0.05, 0.1) is 12.6 Å². The van der Waals surface area contributed by atoms with E-state index in [-0.39, 0.29) is 32.4 Å². The number of fused-ring (bicyclic) bond motifs is 3. The Hall–Kier alpha value is -4.16. The highest BCUT2D eigenvalue weighted by Crippen LogP contribution is 2.46. The Morgan fingerprint density at radius 3 is 2.61 bits per heavy atom. The summed E-state index contributed by atoms with van der Waals surface area (Å²) in [7, 11) is 0. The zero-order valence-corrected chi connectivity index (χ0v) is 28.8. The molecule has 1 aliphatic carbocycles. The summed E-state index contributed by atoms with van der Waals surface area (Å²) in [5, 5.41) is 15.7. The van der Waals surface area contributed by atoms with Crippen molar-refractivity contribution in [3.8, 4) is 0 Å². The average Bonchev–Trinajstić information content (AvgIpc) is 3.35. The van der Waals surface area contributed by atoms with Crippen LogP contribution < -0.4 is 10.6 Å². The number of carbonyl (C=O) groups excluding carboxylic acids is 4. The van der Waals surface area contributed by atoms with Crippen molar-refractivity contribution in [3.63, 3.8) is 0 Å². The number of ether oxygens (including phenoxy) is 2. The number of aliphatic carboxylic acids is 1. The van der Waals surface area contributed by atoms with Gasteiger partial charge in [0.25, 0.3) is 0 Å².